The second-order valence-corrected chi connectivity index (χ2v) is 10.0. The van der Waals surface area contributed by atoms with Crippen LogP contribution in [0.15, 0.2) is 79.3 Å². The number of aromatic nitrogens is 2. The molecule has 8 nitrogen and oxygen atoms in total. The first kappa shape index (κ1) is 26.3. The van der Waals surface area contributed by atoms with E-state index in [2.05, 4.69) is 51.4 Å². The number of carboxylic acid groups (broad SMARTS) is 1. The van der Waals surface area contributed by atoms with Gasteiger partial charge in [0.25, 0.3) is 5.91 Å². The van der Waals surface area contributed by atoms with Crippen LogP contribution in [0.2, 0.25) is 5.02 Å². The quantitative estimate of drug-likeness (QED) is 0.274. The van der Waals surface area contributed by atoms with E-state index in [1.165, 1.54) is 11.1 Å². The molecule has 200 valence electrons. The lowest BCUT2D eigenvalue weighted by Crippen LogP contribution is -2.43. The minimum absolute atomic E-state index is 0.0761. The average molecular weight is 545 g/mol. The van der Waals surface area contributed by atoms with Crippen molar-refractivity contribution in [2.75, 3.05) is 18.1 Å². The number of hydrogen-bond donors (Lipinski definition) is 3. The number of carbonyl (C=O) groups excluding carboxylic acids is 1. The number of nitrogens with zero attached hydrogens (tertiary/aromatic N) is 2. The molecule has 39 heavy (non-hydrogen) atoms. The van der Waals surface area contributed by atoms with Crippen LogP contribution in [-0.4, -0.2) is 46.1 Å². The van der Waals surface area contributed by atoms with E-state index in [0.717, 1.165) is 23.4 Å². The van der Waals surface area contributed by atoms with Gasteiger partial charge in [-0.3, -0.25) is 4.79 Å². The first-order valence-electron chi connectivity index (χ1n) is 12.7. The molecule has 1 aromatic heterocycles. The molecule has 4 aromatic rings. The number of carbonyl (C=O) groups is 2. The Bertz CT molecular complexity index is 1440. The number of aliphatic carboxylic acids is 1. The monoisotopic (exact) mass is 544 g/mol. The number of nitrogens with one attached hydrogen (secondary N) is 2. The number of para-hydroxylation sites is 1. The molecular weight excluding hydrogens is 516 g/mol. The Morgan fingerprint density at radius 2 is 1.79 bits per heavy atom. The highest BCUT2D eigenvalue weighted by Crippen LogP contribution is 2.40. The van der Waals surface area contributed by atoms with Crippen LogP contribution in [0.1, 0.15) is 38.8 Å². The van der Waals surface area contributed by atoms with Gasteiger partial charge in [-0.15, -0.1) is 0 Å². The third kappa shape index (κ3) is 6.07. The highest BCUT2D eigenvalue weighted by Gasteiger charge is 2.31. The molecule has 0 aliphatic carbocycles. The van der Waals surface area contributed by atoms with Crippen molar-refractivity contribution >= 4 is 29.2 Å². The summed E-state index contributed by atoms with van der Waals surface area (Å²) < 4.78 is 6.02. The topological polar surface area (TPSA) is 108 Å². The van der Waals surface area contributed by atoms with Crippen LogP contribution in [0, 0.1) is 6.92 Å². The molecule has 0 spiro atoms. The van der Waals surface area contributed by atoms with E-state index in [-0.39, 0.29) is 12.5 Å². The fourth-order valence-corrected chi connectivity index (χ4v) is 4.97. The van der Waals surface area contributed by atoms with Crippen LogP contribution in [0.4, 0.5) is 5.69 Å². The number of anilines is 1. The van der Waals surface area contributed by atoms with E-state index in [9.17, 15) is 14.7 Å². The van der Waals surface area contributed by atoms with Gasteiger partial charge in [0.1, 0.15) is 12.6 Å². The SMILES string of the molecule is Cc1ccc(CC(c2cnc[nH]2)N2CCOc3c(C(=O)NC(Cc4ccc(Cl)cc4)C(=O)O)cccc32)cc1. The summed E-state index contributed by atoms with van der Waals surface area (Å²) in [6, 6.07) is 19.5. The van der Waals surface area contributed by atoms with Crippen LogP contribution in [0.3, 0.4) is 0 Å². The molecule has 2 unspecified atom stereocenters. The van der Waals surface area contributed by atoms with Gasteiger partial charge in [0.15, 0.2) is 5.75 Å². The van der Waals surface area contributed by atoms with Gasteiger partial charge in [0, 0.05) is 11.4 Å². The smallest absolute Gasteiger partial charge is 0.326 e. The van der Waals surface area contributed by atoms with Crippen LogP contribution < -0.4 is 15.0 Å². The fourth-order valence-electron chi connectivity index (χ4n) is 4.85. The van der Waals surface area contributed by atoms with Gasteiger partial charge in [-0.2, -0.15) is 0 Å². The molecule has 0 radical (unpaired) electrons. The molecule has 9 heteroatoms. The number of carboxylic acids is 1. The van der Waals surface area contributed by atoms with Crippen molar-refractivity contribution < 1.29 is 19.4 Å². The Morgan fingerprint density at radius 3 is 2.49 bits per heavy atom. The molecule has 2 atom stereocenters. The zero-order chi connectivity index (χ0) is 27.4. The van der Waals surface area contributed by atoms with Gasteiger partial charge < -0.3 is 25.0 Å². The number of hydrogen-bond acceptors (Lipinski definition) is 5. The fraction of sp³-hybridized carbons (Fsp3) is 0.233. The maximum atomic E-state index is 13.4. The van der Waals surface area contributed by atoms with Crippen LogP contribution in [0.25, 0.3) is 0 Å². The molecule has 0 saturated carbocycles. The highest BCUT2D eigenvalue weighted by molar-refractivity contribution is 6.30. The molecule has 3 aromatic carbocycles. The first-order chi connectivity index (χ1) is 18.9. The highest BCUT2D eigenvalue weighted by atomic mass is 35.5. The minimum atomic E-state index is -1.12. The summed E-state index contributed by atoms with van der Waals surface area (Å²) in [4.78, 5) is 35.1. The zero-order valence-electron chi connectivity index (χ0n) is 21.4. The van der Waals surface area contributed by atoms with Crippen LogP contribution >= 0.6 is 11.6 Å². The van der Waals surface area contributed by atoms with E-state index in [0.29, 0.717) is 29.5 Å². The number of imidazole rings is 1. The predicted octanol–water partition coefficient (Wildman–Crippen LogP) is 4.98. The second-order valence-electron chi connectivity index (χ2n) is 9.60. The summed E-state index contributed by atoms with van der Waals surface area (Å²) in [6.07, 6.45) is 4.33. The van der Waals surface area contributed by atoms with Crippen molar-refractivity contribution in [3.8, 4) is 5.75 Å². The summed E-state index contributed by atoms with van der Waals surface area (Å²) in [6.45, 7) is 3.05. The third-order valence-corrected chi connectivity index (χ3v) is 7.14. The Kier molecular flexibility index (Phi) is 7.84. The molecule has 0 fully saturated rings. The van der Waals surface area contributed by atoms with E-state index in [4.69, 9.17) is 16.3 Å². The van der Waals surface area contributed by atoms with Crippen LogP contribution in [0.5, 0.6) is 5.75 Å². The Morgan fingerprint density at radius 1 is 1.08 bits per heavy atom. The summed E-state index contributed by atoms with van der Waals surface area (Å²) in [5, 5.41) is 13.0. The van der Waals surface area contributed by atoms with Gasteiger partial charge in [-0.05, 0) is 48.7 Å². The number of benzene rings is 3. The Balaban J connectivity index is 1.42. The zero-order valence-corrected chi connectivity index (χ0v) is 22.2. The summed E-state index contributed by atoms with van der Waals surface area (Å²) in [5.74, 6) is -1.19. The molecule has 1 amide bonds. The predicted molar refractivity (Wildman–Crippen MR) is 150 cm³/mol. The average Bonchev–Trinajstić information content (AvgIpc) is 3.48. The normalized spacial score (nSPS) is 14.2. The Hall–Kier alpha value is -4.30. The van der Waals surface area contributed by atoms with Gasteiger partial charge in [-0.1, -0.05) is 59.6 Å². The minimum Gasteiger partial charge on any atom is -0.489 e. The van der Waals surface area contributed by atoms with Gasteiger partial charge in [0.2, 0.25) is 0 Å². The standard InChI is InChI=1S/C30H29ClN4O4/c1-19-5-7-21(8-6-19)16-27(25-17-32-18-33-25)35-13-14-39-28-23(3-2-4-26(28)35)29(36)34-24(30(37)38)15-20-9-11-22(31)12-10-20/h2-12,17-18,24,27H,13-16H2,1H3,(H,32,33)(H,34,36)(H,37,38). The van der Waals surface area contributed by atoms with Gasteiger partial charge in [0.05, 0.1) is 42.1 Å². The van der Waals surface area contributed by atoms with E-state index in [1.807, 2.05) is 12.3 Å². The molecule has 3 N–H and O–H groups in total. The van der Waals surface area contributed by atoms with Gasteiger partial charge in [-0.25, -0.2) is 9.78 Å². The number of ether oxygens (including phenoxy) is 1. The largest absolute Gasteiger partial charge is 0.489 e. The van der Waals surface area contributed by atoms with Crippen molar-refractivity contribution in [1.82, 2.24) is 15.3 Å². The second kappa shape index (κ2) is 11.6. The molecule has 5 rings (SSSR count). The summed E-state index contributed by atoms with van der Waals surface area (Å²) in [5.41, 5.74) is 5.13. The number of fused-ring (bicyclic) bond motifs is 1. The maximum absolute atomic E-state index is 13.4. The van der Waals surface area contributed by atoms with Crippen molar-refractivity contribution in [2.45, 2.75) is 31.8 Å². The first-order valence-corrected chi connectivity index (χ1v) is 13.1. The van der Waals surface area contributed by atoms with Gasteiger partial charge >= 0.3 is 5.97 Å². The number of aryl methyl sites for hydroxylation is 1. The maximum Gasteiger partial charge on any atom is 0.326 e. The lowest BCUT2D eigenvalue weighted by molar-refractivity contribution is -0.139. The molecule has 2 heterocycles. The number of aromatic amines is 1. The Labute approximate surface area is 231 Å². The molecule has 0 bridgehead atoms. The lowest BCUT2D eigenvalue weighted by Gasteiger charge is -2.38. The number of halogens is 1. The lowest BCUT2D eigenvalue weighted by atomic mass is 9.99. The van der Waals surface area contributed by atoms with E-state index < -0.39 is 17.9 Å². The van der Waals surface area contributed by atoms with Crippen molar-refractivity contribution in [3.05, 3.63) is 112 Å². The third-order valence-electron chi connectivity index (χ3n) is 6.89. The van der Waals surface area contributed by atoms with E-state index >= 15 is 0 Å². The molecule has 0 saturated heterocycles. The molecule has 1 aliphatic heterocycles. The van der Waals surface area contributed by atoms with Crippen molar-refractivity contribution in [2.24, 2.45) is 0 Å². The van der Waals surface area contributed by atoms with E-state index in [1.54, 1.807) is 42.7 Å². The molecular formula is C30H29ClN4O4. The number of amides is 1. The number of rotatable bonds is 9. The van der Waals surface area contributed by atoms with Crippen molar-refractivity contribution in [3.63, 3.8) is 0 Å². The molecule has 1 aliphatic rings. The summed E-state index contributed by atoms with van der Waals surface area (Å²) >= 11 is 5.95. The van der Waals surface area contributed by atoms with Crippen LogP contribution in [-0.2, 0) is 17.6 Å². The van der Waals surface area contributed by atoms with Crippen molar-refractivity contribution in [1.29, 1.82) is 0 Å². The summed E-state index contributed by atoms with van der Waals surface area (Å²) in [7, 11) is 0. The number of H-pyrrole nitrogens is 1.